The van der Waals surface area contributed by atoms with Crippen molar-refractivity contribution in [3.05, 3.63) is 29.8 Å². The van der Waals surface area contributed by atoms with Gasteiger partial charge in [-0.25, -0.2) is 0 Å². The van der Waals surface area contributed by atoms with Crippen molar-refractivity contribution in [2.75, 3.05) is 19.6 Å². The Morgan fingerprint density at radius 3 is 2.70 bits per heavy atom. The number of nitrogens with one attached hydrogen (secondary N) is 2. The number of benzene rings is 1. The molecule has 1 amide bonds. The molecule has 1 aliphatic heterocycles. The van der Waals surface area contributed by atoms with Crippen LogP contribution >= 0.6 is 12.4 Å². The number of aryl methyl sites for hydroxylation is 1. The Hall–Kier alpha value is -1.26. The Kier molecular flexibility index (Phi) is 6.82. The van der Waals surface area contributed by atoms with Crippen LogP contribution in [-0.2, 0) is 4.79 Å². The summed E-state index contributed by atoms with van der Waals surface area (Å²) in [6.45, 7) is 6.25. The van der Waals surface area contributed by atoms with Crippen LogP contribution in [0.3, 0.4) is 0 Å². The number of hydrogen-bond acceptors (Lipinski definition) is 3. The highest BCUT2D eigenvalue weighted by Gasteiger charge is 2.25. The fraction of sp³-hybridized carbons (Fsp3) is 0.533. The Balaban J connectivity index is 0.00000200. The van der Waals surface area contributed by atoms with E-state index < -0.39 is 0 Å². The van der Waals surface area contributed by atoms with Crippen molar-refractivity contribution < 1.29 is 9.53 Å². The lowest BCUT2D eigenvalue weighted by atomic mass is 10.0. The van der Waals surface area contributed by atoms with E-state index in [2.05, 4.69) is 17.6 Å². The molecule has 0 saturated carbocycles. The smallest absolute Gasteiger partial charge is 0.225 e. The Labute approximate surface area is 126 Å². The molecule has 1 fully saturated rings. The van der Waals surface area contributed by atoms with Gasteiger partial charge >= 0.3 is 0 Å². The van der Waals surface area contributed by atoms with Crippen LogP contribution < -0.4 is 15.4 Å². The van der Waals surface area contributed by atoms with Gasteiger partial charge in [-0.15, -0.1) is 12.4 Å². The molecule has 0 radical (unpaired) electrons. The van der Waals surface area contributed by atoms with E-state index in [1.54, 1.807) is 0 Å². The van der Waals surface area contributed by atoms with Gasteiger partial charge in [0.15, 0.2) is 0 Å². The minimum atomic E-state index is 0. The van der Waals surface area contributed by atoms with Crippen LogP contribution in [0.1, 0.15) is 18.9 Å². The highest BCUT2D eigenvalue weighted by Crippen LogP contribution is 2.18. The summed E-state index contributed by atoms with van der Waals surface area (Å²) in [5.41, 5.74) is 1.12. The quantitative estimate of drug-likeness (QED) is 0.843. The van der Waals surface area contributed by atoms with Gasteiger partial charge in [-0.1, -0.05) is 25.1 Å². The van der Waals surface area contributed by atoms with Gasteiger partial charge in [-0.3, -0.25) is 4.79 Å². The van der Waals surface area contributed by atoms with E-state index in [0.717, 1.165) is 30.8 Å². The summed E-state index contributed by atoms with van der Waals surface area (Å²) in [5.74, 6) is 1.16. The Bertz CT molecular complexity index is 436. The topological polar surface area (TPSA) is 50.4 Å². The molecule has 112 valence electrons. The third kappa shape index (κ3) is 4.39. The summed E-state index contributed by atoms with van der Waals surface area (Å²) in [7, 11) is 0. The molecule has 0 bridgehead atoms. The van der Waals surface area contributed by atoms with Gasteiger partial charge < -0.3 is 15.4 Å². The van der Waals surface area contributed by atoms with Crippen LogP contribution in [0.25, 0.3) is 0 Å². The molecule has 1 aromatic carbocycles. The molecule has 5 heteroatoms. The lowest BCUT2D eigenvalue weighted by Crippen LogP contribution is -2.52. The summed E-state index contributed by atoms with van der Waals surface area (Å²) in [4.78, 5) is 11.8. The number of amides is 1. The van der Waals surface area contributed by atoms with E-state index in [1.165, 1.54) is 0 Å². The minimum Gasteiger partial charge on any atom is -0.488 e. The summed E-state index contributed by atoms with van der Waals surface area (Å²) >= 11 is 0. The monoisotopic (exact) mass is 298 g/mol. The summed E-state index contributed by atoms with van der Waals surface area (Å²) in [6, 6.07) is 7.96. The zero-order chi connectivity index (χ0) is 13.7. The fourth-order valence-electron chi connectivity index (χ4n) is 1.97. The van der Waals surface area contributed by atoms with Crippen LogP contribution in [-0.4, -0.2) is 31.6 Å². The molecular formula is C15H23ClN2O2. The van der Waals surface area contributed by atoms with E-state index in [-0.39, 0.29) is 30.3 Å². The van der Waals surface area contributed by atoms with Gasteiger partial charge in [0, 0.05) is 13.1 Å². The zero-order valence-corrected chi connectivity index (χ0v) is 12.8. The molecular weight excluding hydrogens is 276 g/mol. The molecule has 0 aliphatic carbocycles. The molecule has 1 unspecified atom stereocenters. The van der Waals surface area contributed by atoms with Gasteiger partial charge in [0.05, 0.1) is 12.5 Å². The highest BCUT2D eigenvalue weighted by molar-refractivity contribution is 5.85. The van der Waals surface area contributed by atoms with E-state index in [1.807, 2.05) is 31.2 Å². The maximum absolute atomic E-state index is 11.8. The summed E-state index contributed by atoms with van der Waals surface area (Å²) in [6.07, 6.45) is 0.899. The molecule has 0 spiro atoms. The lowest BCUT2D eigenvalue weighted by Gasteiger charge is -2.27. The first-order chi connectivity index (χ1) is 9.20. The van der Waals surface area contributed by atoms with Crippen LogP contribution in [0.5, 0.6) is 5.75 Å². The van der Waals surface area contributed by atoms with Gasteiger partial charge in [0.25, 0.3) is 0 Å². The maximum atomic E-state index is 11.8. The largest absolute Gasteiger partial charge is 0.488 e. The van der Waals surface area contributed by atoms with Crippen LogP contribution in [0.4, 0.5) is 0 Å². The standard InChI is InChI=1S/C15H22N2O2.ClH/c1-3-13(10-17-15(18)12-8-16-9-12)19-14-7-5-4-6-11(14)2;/h4-7,12-13,16H,3,8-10H2,1-2H3,(H,17,18);1H. The third-order valence-corrected chi connectivity index (χ3v) is 3.50. The number of carbonyl (C=O) groups excluding carboxylic acids is 1. The molecule has 2 N–H and O–H groups in total. The fourth-order valence-corrected chi connectivity index (χ4v) is 1.97. The van der Waals surface area contributed by atoms with Gasteiger partial charge in [-0.2, -0.15) is 0 Å². The van der Waals surface area contributed by atoms with Crippen molar-refractivity contribution in [1.29, 1.82) is 0 Å². The number of halogens is 1. The van der Waals surface area contributed by atoms with E-state index in [9.17, 15) is 4.79 Å². The normalized spacial score (nSPS) is 15.7. The number of ether oxygens (including phenoxy) is 1. The SMILES string of the molecule is CCC(CNC(=O)C1CNC1)Oc1ccccc1C.Cl. The second-order valence-electron chi connectivity index (χ2n) is 5.01. The van der Waals surface area contributed by atoms with Gasteiger partial charge in [-0.05, 0) is 25.0 Å². The first-order valence-electron chi connectivity index (χ1n) is 6.91. The Morgan fingerprint density at radius 2 is 2.15 bits per heavy atom. The molecule has 4 nitrogen and oxygen atoms in total. The first kappa shape index (κ1) is 16.8. The number of carbonyl (C=O) groups is 1. The molecule has 1 aliphatic rings. The summed E-state index contributed by atoms with van der Waals surface area (Å²) < 4.78 is 5.95. The van der Waals surface area contributed by atoms with E-state index in [4.69, 9.17) is 4.74 Å². The van der Waals surface area contributed by atoms with Crippen molar-refractivity contribution in [3.8, 4) is 5.75 Å². The molecule has 1 aromatic rings. The van der Waals surface area contributed by atoms with E-state index >= 15 is 0 Å². The van der Waals surface area contributed by atoms with Gasteiger partial charge in [0.1, 0.15) is 11.9 Å². The second kappa shape index (κ2) is 8.12. The van der Waals surface area contributed by atoms with Crippen molar-refractivity contribution in [1.82, 2.24) is 10.6 Å². The minimum absolute atomic E-state index is 0. The predicted molar refractivity (Wildman–Crippen MR) is 82.5 cm³/mol. The average Bonchev–Trinajstić information content (AvgIpc) is 2.34. The molecule has 2 rings (SSSR count). The zero-order valence-electron chi connectivity index (χ0n) is 12.0. The van der Waals surface area contributed by atoms with Crippen molar-refractivity contribution >= 4 is 18.3 Å². The predicted octanol–water partition coefficient (Wildman–Crippen LogP) is 1.91. The van der Waals surface area contributed by atoms with E-state index in [0.29, 0.717) is 6.54 Å². The van der Waals surface area contributed by atoms with Crippen LogP contribution in [0.2, 0.25) is 0 Å². The summed E-state index contributed by atoms with van der Waals surface area (Å²) in [5, 5.41) is 6.07. The van der Waals surface area contributed by atoms with Crippen LogP contribution in [0, 0.1) is 12.8 Å². The lowest BCUT2D eigenvalue weighted by molar-refractivity contribution is -0.126. The third-order valence-electron chi connectivity index (χ3n) is 3.50. The molecule has 1 heterocycles. The second-order valence-corrected chi connectivity index (χ2v) is 5.01. The first-order valence-corrected chi connectivity index (χ1v) is 6.91. The van der Waals surface area contributed by atoms with Crippen LogP contribution in [0.15, 0.2) is 24.3 Å². The number of rotatable bonds is 6. The van der Waals surface area contributed by atoms with Gasteiger partial charge in [0.2, 0.25) is 5.91 Å². The number of para-hydroxylation sites is 1. The average molecular weight is 299 g/mol. The molecule has 1 saturated heterocycles. The highest BCUT2D eigenvalue weighted by atomic mass is 35.5. The number of hydrogen-bond donors (Lipinski definition) is 2. The molecule has 1 atom stereocenters. The van der Waals surface area contributed by atoms with Crippen molar-refractivity contribution in [2.24, 2.45) is 5.92 Å². The maximum Gasteiger partial charge on any atom is 0.225 e. The van der Waals surface area contributed by atoms with Crippen molar-refractivity contribution in [2.45, 2.75) is 26.4 Å². The Morgan fingerprint density at radius 1 is 1.45 bits per heavy atom. The van der Waals surface area contributed by atoms with Crippen molar-refractivity contribution in [3.63, 3.8) is 0 Å². The molecule has 20 heavy (non-hydrogen) atoms. The molecule has 0 aromatic heterocycles.